The summed E-state index contributed by atoms with van der Waals surface area (Å²) in [6.07, 6.45) is 2.95. The van der Waals surface area contributed by atoms with Gasteiger partial charge in [-0.2, -0.15) is 8.42 Å². The molecule has 0 saturated carbocycles. The quantitative estimate of drug-likeness (QED) is 0.0974. The number of hydrogen-bond donors (Lipinski definition) is 3. The molecule has 14 heteroatoms. The van der Waals surface area contributed by atoms with E-state index in [1.54, 1.807) is 34.3 Å². The van der Waals surface area contributed by atoms with E-state index >= 15 is 0 Å². The average Bonchev–Trinajstić information content (AvgIpc) is 3.11. The molecule has 0 fully saturated rings. The number of hydrazine groups is 2. The molecule has 2 aromatic heterocycles. The van der Waals surface area contributed by atoms with E-state index < -0.39 is 10.1 Å². The summed E-state index contributed by atoms with van der Waals surface area (Å²) in [4.78, 5) is -0.346. The van der Waals surface area contributed by atoms with Crippen molar-refractivity contribution in [3.05, 3.63) is 151 Å². The topological polar surface area (TPSA) is 162 Å². The van der Waals surface area contributed by atoms with Crippen molar-refractivity contribution in [3.8, 4) is 0 Å². The second kappa shape index (κ2) is 13.6. The molecular formula is C32H26N10O3S. The molecule has 0 atom stereocenters. The van der Waals surface area contributed by atoms with Crippen molar-refractivity contribution in [1.82, 2.24) is 30.8 Å². The first kappa shape index (κ1) is 29.8. The van der Waals surface area contributed by atoms with Gasteiger partial charge in [-0.05, 0) is 40.8 Å². The lowest BCUT2D eigenvalue weighted by Crippen LogP contribution is -2.36. The van der Waals surface area contributed by atoms with Gasteiger partial charge >= 0.3 is 0 Å². The van der Waals surface area contributed by atoms with E-state index in [2.05, 4.69) is 41.7 Å². The van der Waals surface area contributed by atoms with Gasteiger partial charge in [0.25, 0.3) is 10.1 Å². The van der Waals surface area contributed by atoms with Gasteiger partial charge in [0.1, 0.15) is 4.90 Å². The van der Waals surface area contributed by atoms with Crippen LogP contribution in [0.15, 0.2) is 145 Å². The highest BCUT2D eigenvalue weighted by Gasteiger charge is 2.31. The van der Waals surface area contributed by atoms with E-state index in [0.717, 1.165) is 0 Å². The molecule has 0 saturated heterocycles. The smallest absolute Gasteiger partial charge is 0.292 e. The van der Waals surface area contributed by atoms with Crippen LogP contribution in [-0.4, -0.2) is 43.8 Å². The Bertz CT molecular complexity index is 2020. The van der Waals surface area contributed by atoms with Crippen LogP contribution in [0.1, 0.15) is 11.1 Å². The second-order valence-electron chi connectivity index (χ2n) is 9.62. The number of rotatable bonds is 11. The molecule has 4 aromatic carbocycles. The van der Waals surface area contributed by atoms with Gasteiger partial charge in [0.2, 0.25) is 0 Å². The van der Waals surface area contributed by atoms with Crippen LogP contribution in [0.25, 0.3) is 11.4 Å². The lowest BCUT2D eigenvalue weighted by Gasteiger charge is -2.35. The van der Waals surface area contributed by atoms with Gasteiger partial charge in [-0.15, -0.1) is 20.4 Å². The molecule has 228 valence electrons. The van der Waals surface area contributed by atoms with Crippen molar-refractivity contribution in [3.63, 3.8) is 0 Å². The summed E-state index contributed by atoms with van der Waals surface area (Å²) >= 11 is 0. The number of aromatic nitrogens is 6. The normalized spacial score (nSPS) is 11.7. The maximum atomic E-state index is 13.0. The molecule has 0 spiro atoms. The summed E-state index contributed by atoms with van der Waals surface area (Å²) in [7, 11) is -4.75. The third-order valence-electron chi connectivity index (χ3n) is 6.60. The van der Waals surface area contributed by atoms with Gasteiger partial charge < -0.3 is 0 Å². The Balaban J connectivity index is 1.77. The lowest BCUT2D eigenvalue weighted by atomic mass is 10.0. The maximum Gasteiger partial charge on any atom is 0.295 e. The van der Waals surface area contributed by atoms with E-state index in [1.807, 2.05) is 91.0 Å². The Hall–Kier alpha value is -6.25. The van der Waals surface area contributed by atoms with Crippen LogP contribution in [0, 0.1) is 0 Å². The fraction of sp³-hybridized carbons (Fsp3) is 0. The van der Waals surface area contributed by atoms with E-state index in [0.29, 0.717) is 28.5 Å². The predicted octanol–water partition coefficient (Wildman–Crippen LogP) is 5.20. The van der Waals surface area contributed by atoms with Crippen LogP contribution in [0.3, 0.4) is 0 Å². The molecule has 6 rings (SSSR count). The largest absolute Gasteiger partial charge is 0.295 e. The number of hydrogen-bond acceptors (Lipinski definition) is 12. The Morgan fingerprint density at radius 1 is 0.565 bits per heavy atom. The Labute approximate surface area is 264 Å². The summed E-state index contributed by atoms with van der Waals surface area (Å²) < 4.78 is 36.4. The minimum absolute atomic E-state index is 0.132. The highest BCUT2D eigenvalue weighted by atomic mass is 32.2. The second-order valence-corrected chi connectivity index (χ2v) is 11.0. The van der Waals surface area contributed by atoms with E-state index in [4.69, 9.17) is 0 Å². The number of nitrogens with zero attached hydrogens (tertiary/aromatic N) is 8. The zero-order valence-electron chi connectivity index (χ0n) is 24.0. The predicted molar refractivity (Wildman–Crippen MR) is 174 cm³/mol. The highest BCUT2D eigenvalue weighted by Crippen LogP contribution is 2.39. The molecule has 3 N–H and O–H groups in total. The maximum absolute atomic E-state index is 13.0. The Kier molecular flexibility index (Phi) is 8.80. The van der Waals surface area contributed by atoms with Crippen molar-refractivity contribution < 1.29 is 13.0 Å². The first-order valence-corrected chi connectivity index (χ1v) is 15.3. The molecule has 0 aliphatic rings. The summed E-state index contributed by atoms with van der Waals surface area (Å²) in [5, 5.41) is 27.3. The lowest BCUT2D eigenvalue weighted by molar-refractivity contribution is 0.483. The minimum atomic E-state index is -4.75. The van der Waals surface area contributed by atoms with Gasteiger partial charge in [-0.3, -0.25) is 15.4 Å². The molecule has 0 unspecified atom stereocenters. The van der Waals surface area contributed by atoms with Crippen LogP contribution < -0.4 is 20.9 Å². The summed E-state index contributed by atoms with van der Waals surface area (Å²) in [6.45, 7) is 0. The minimum Gasteiger partial charge on any atom is -0.292 e. The number of para-hydroxylation sites is 2. The van der Waals surface area contributed by atoms with Crippen molar-refractivity contribution in [1.29, 1.82) is 0 Å². The van der Waals surface area contributed by atoms with E-state index in [-0.39, 0.29) is 22.0 Å². The molecular weight excluding hydrogens is 604 g/mol. The zero-order valence-corrected chi connectivity index (χ0v) is 24.8. The van der Waals surface area contributed by atoms with Crippen molar-refractivity contribution >= 4 is 44.5 Å². The number of benzene rings is 4. The van der Waals surface area contributed by atoms with Gasteiger partial charge in [-0.25, -0.2) is 10.0 Å². The Morgan fingerprint density at radius 3 is 1.50 bits per heavy atom. The molecule has 0 radical (unpaired) electrons. The third kappa shape index (κ3) is 6.77. The SMILES string of the molecule is O=S(=O)(O)c1ccccc1C(=C(c1ccccc1)N(Nc1ccccc1)c1ccnnn1)N(Nc1ccccc1)c1ccnnn1. The average molecular weight is 631 g/mol. The van der Waals surface area contributed by atoms with Gasteiger partial charge in [-0.1, -0.05) is 84.9 Å². The fourth-order valence-corrected chi connectivity index (χ4v) is 5.35. The number of anilines is 4. The molecule has 46 heavy (non-hydrogen) atoms. The van der Waals surface area contributed by atoms with Gasteiger partial charge in [0.05, 0.1) is 35.2 Å². The van der Waals surface area contributed by atoms with Crippen LogP contribution in [0.4, 0.5) is 23.0 Å². The summed E-state index contributed by atoms with van der Waals surface area (Å²) in [5.41, 5.74) is 9.48. The standard InChI is InChI=1S/C32H26N10O3S/c43-46(44,45)28-19-11-10-18-27(28)32(42(30-21-23-34-40-36-30)38-26-16-8-3-9-17-26)31(24-12-4-1-5-13-24)41(29-20-22-33-39-35-29)37-25-14-6-2-7-15-25/h1-23,37-38H,(H,43,44,45). The molecule has 13 nitrogen and oxygen atoms in total. The highest BCUT2D eigenvalue weighted by molar-refractivity contribution is 7.86. The molecule has 0 aliphatic heterocycles. The van der Waals surface area contributed by atoms with Gasteiger partial charge in [0, 0.05) is 23.3 Å². The zero-order chi connectivity index (χ0) is 31.8. The first-order valence-electron chi connectivity index (χ1n) is 13.9. The van der Waals surface area contributed by atoms with Crippen molar-refractivity contribution in [2.45, 2.75) is 4.90 Å². The molecule has 0 aliphatic carbocycles. The van der Waals surface area contributed by atoms with Gasteiger partial charge in [0.15, 0.2) is 11.6 Å². The molecule has 0 bridgehead atoms. The fourth-order valence-electron chi connectivity index (χ4n) is 4.66. The van der Waals surface area contributed by atoms with Crippen molar-refractivity contribution in [2.75, 3.05) is 20.9 Å². The van der Waals surface area contributed by atoms with Crippen LogP contribution >= 0.6 is 0 Å². The van der Waals surface area contributed by atoms with E-state index in [1.165, 1.54) is 24.5 Å². The third-order valence-corrected chi connectivity index (χ3v) is 7.52. The molecule has 6 aromatic rings. The van der Waals surface area contributed by atoms with Crippen LogP contribution in [0.5, 0.6) is 0 Å². The Morgan fingerprint density at radius 2 is 1.02 bits per heavy atom. The van der Waals surface area contributed by atoms with E-state index in [9.17, 15) is 13.0 Å². The number of nitrogens with one attached hydrogen (secondary N) is 2. The van der Waals surface area contributed by atoms with Crippen LogP contribution in [-0.2, 0) is 10.1 Å². The van der Waals surface area contributed by atoms with Crippen LogP contribution in [0.2, 0.25) is 0 Å². The van der Waals surface area contributed by atoms with Crippen molar-refractivity contribution in [2.24, 2.45) is 0 Å². The summed E-state index contributed by atoms with van der Waals surface area (Å²) in [5.74, 6) is 0.577. The first-order chi connectivity index (χ1) is 22.5. The molecule has 2 heterocycles. The summed E-state index contributed by atoms with van der Waals surface area (Å²) in [6, 6.07) is 37.3. The molecule has 0 amide bonds. The monoisotopic (exact) mass is 630 g/mol.